The topological polar surface area (TPSA) is 71.9 Å². The van der Waals surface area contributed by atoms with Crippen LogP contribution in [0.3, 0.4) is 0 Å². The number of fused-ring (bicyclic) bond motifs is 4. The Balaban J connectivity index is 1.71. The molecular weight excluding hydrogens is 274 g/mol. The first kappa shape index (κ1) is 12.1. The second kappa shape index (κ2) is 3.94. The molecule has 21 heavy (non-hydrogen) atoms. The van der Waals surface area contributed by atoms with Gasteiger partial charge in [-0.15, -0.1) is 0 Å². The van der Waals surface area contributed by atoms with Crippen molar-refractivity contribution in [3.63, 3.8) is 0 Å². The maximum absolute atomic E-state index is 11.0. The van der Waals surface area contributed by atoms with Crippen molar-refractivity contribution in [1.82, 2.24) is 0 Å². The summed E-state index contributed by atoms with van der Waals surface area (Å²) in [6, 6.07) is 6.75. The number of benzene rings is 1. The molecule has 1 fully saturated rings. The fraction of sp³-hybridized carbons (Fsp3) is 0.267. The van der Waals surface area contributed by atoms with Crippen molar-refractivity contribution < 1.29 is 23.8 Å². The van der Waals surface area contributed by atoms with Crippen molar-refractivity contribution in [2.45, 2.75) is 12.1 Å². The second-order valence-corrected chi connectivity index (χ2v) is 5.06. The lowest BCUT2D eigenvalue weighted by molar-refractivity contribution is -0.136. The van der Waals surface area contributed by atoms with Crippen molar-refractivity contribution in [1.29, 1.82) is 0 Å². The molecule has 0 spiro atoms. The third-order valence-corrected chi connectivity index (χ3v) is 4.02. The van der Waals surface area contributed by atoms with Gasteiger partial charge < -0.3 is 23.9 Å². The Morgan fingerprint density at radius 3 is 2.71 bits per heavy atom. The summed E-state index contributed by atoms with van der Waals surface area (Å²) >= 11 is 0. The Hall–Kier alpha value is -2.63. The number of hydrogen-bond acceptors (Lipinski definition) is 5. The van der Waals surface area contributed by atoms with Gasteiger partial charge in [0.2, 0.25) is 0 Å². The Morgan fingerprint density at radius 2 is 2.10 bits per heavy atom. The van der Waals surface area contributed by atoms with Gasteiger partial charge in [0.1, 0.15) is 23.3 Å². The van der Waals surface area contributed by atoms with Gasteiger partial charge in [-0.3, -0.25) is 0 Å². The van der Waals surface area contributed by atoms with Crippen LogP contribution in [0.5, 0.6) is 11.5 Å². The molecule has 4 rings (SSSR count). The number of ether oxygens (including phenoxy) is 2. The van der Waals surface area contributed by atoms with Crippen LogP contribution in [0.15, 0.2) is 28.7 Å². The van der Waals surface area contributed by atoms with Gasteiger partial charge in [-0.25, -0.2) is 4.79 Å². The van der Waals surface area contributed by atoms with Gasteiger partial charge in [0.15, 0.2) is 11.8 Å². The molecule has 0 bridgehead atoms. The minimum atomic E-state index is -0.813. The minimum Gasteiger partial charge on any atom is -0.497 e. The van der Waals surface area contributed by atoms with Crippen molar-refractivity contribution >= 4 is 11.7 Å². The number of nitrogens with zero attached hydrogens (tertiary/aromatic N) is 1. The predicted octanol–water partition coefficient (Wildman–Crippen LogP) is 2.29. The smallest absolute Gasteiger partial charge is 0.329 e. The average Bonchev–Trinajstić information content (AvgIpc) is 3.04. The van der Waals surface area contributed by atoms with E-state index in [0.29, 0.717) is 17.3 Å². The Kier molecular flexibility index (Phi) is 2.28. The molecule has 2 aliphatic rings. The molecule has 6 heteroatoms. The van der Waals surface area contributed by atoms with E-state index in [1.807, 2.05) is 29.2 Å². The van der Waals surface area contributed by atoms with Gasteiger partial charge >= 0.3 is 5.97 Å². The van der Waals surface area contributed by atoms with E-state index >= 15 is 0 Å². The van der Waals surface area contributed by atoms with Crippen LogP contribution in [0.25, 0.3) is 11.3 Å². The fourth-order valence-electron chi connectivity index (χ4n) is 2.94. The van der Waals surface area contributed by atoms with E-state index in [9.17, 15) is 4.79 Å². The average molecular weight is 287 g/mol. The second-order valence-electron chi connectivity index (χ2n) is 5.06. The molecule has 3 heterocycles. The highest BCUT2D eigenvalue weighted by molar-refractivity contribution is 5.94. The lowest BCUT2D eigenvalue weighted by atomic mass is 10.1. The number of furan rings is 1. The summed E-state index contributed by atoms with van der Waals surface area (Å²) in [5.74, 6) is 1.97. The zero-order chi connectivity index (χ0) is 14.7. The van der Waals surface area contributed by atoms with Crippen LogP contribution < -0.4 is 14.4 Å². The van der Waals surface area contributed by atoms with E-state index in [2.05, 4.69) is 0 Å². The molecule has 0 aliphatic carbocycles. The molecule has 6 nitrogen and oxygen atoms in total. The molecule has 2 unspecified atom stereocenters. The largest absolute Gasteiger partial charge is 0.497 e. The number of carboxylic acids is 1. The number of carbonyl (C=O) groups is 1. The van der Waals surface area contributed by atoms with Crippen LogP contribution in [0.2, 0.25) is 0 Å². The molecule has 2 aromatic rings. The zero-order valence-electron chi connectivity index (χ0n) is 11.5. The molecule has 0 amide bonds. The number of carboxylic acid groups (broad SMARTS) is 1. The molecule has 1 aromatic heterocycles. The predicted molar refractivity (Wildman–Crippen MR) is 73.9 cm³/mol. The van der Waals surface area contributed by atoms with Crippen LogP contribution >= 0.6 is 0 Å². The Labute approximate surface area is 120 Å². The zero-order valence-corrected chi connectivity index (χ0v) is 11.5. The van der Waals surface area contributed by atoms with Gasteiger partial charge in [0.25, 0.3) is 0 Å². The first-order chi connectivity index (χ1) is 10.2. The fourth-order valence-corrected chi connectivity index (χ4v) is 2.94. The highest BCUT2D eigenvalue weighted by atomic mass is 16.5. The molecule has 108 valence electrons. The quantitative estimate of drug-likeness (QED) is 0.870. The summed E-state index contributed by atoms with van der Waals surface area (Å²) in [6.07, 6.45) is 0. The Bertz CT molecular complexity index is 723. The van der Waals surface area contributed by atoms with Crippen molar-refractivity contribution in [2.75, 3.05) is 19.1 Å². The van der Waals surface area contributed by atoms with Crippen molar-refractivity contribution in [2.24, 2.45) is 0 Å². The van der Waals surface area contributed by atoms with Crippen molar-refractivity contribution in [3.8, 4) is 22.8 Å². The minimum absolute atomic E-state index is 0.108. The Morgan fingerprint density at radius 1 is 1.29 bits per heavy atom. The number of methoxy groups -OCH3 is 2. The van der Waals surface area contributed by atoms with Crippen LogP contribution in [0, 0.1) is 0 Å². The summed E-state index contributed by atoms with van der Waals surface area (Å²) in [5.41, 5.74) is 1.64. The van der Waals surface area contributed by atoms with Gasteiger partial charge in [0, 0.05) is 6.07 Å². The molecule has 1 saturated heterocycles. The molecule has 0 saturated carbocycles. The maximum atomic E-state index is 11.0. The molecule has 2 aliphatic heterocycles. The van der Waals surface area contributed by atoms with Gasteiger partial charge in [-0.1, -0.05) is 0 Å². The molecular formula is C15H13NO5. The van der Waals surface area contributed by atoms with E-state index in [1.165, 1.54) is 0 Å². The highest BCUT2D eigenvalue weighted by Gasteiger charge is 2.65. The summed E-state index contributed by atoms with van der Waals surface area (Å²) < 4.78 is 16.4. The third kappa shape index (κ3) is 1.50. The number of aliphatic carboxylic acids is 1. The highest BCUT2D eigenvalue weighted by Crippen LogP contribution is 2.62. The number of hydrogen-bond donors (Lipinski definition) is 1. The van der Waals surface area contributed by atoms with Gasteiger partial charge in [0.05, 0.1) is 25.5 Å². The lowest BCUT2D eigenvalue weighted by Crippen LogP contribution is -2.10. The number of anilines is 1. The summed E-state index contributed by atoms with van der Waals surface area (Å²) in [6.45, 7) is 0. The van der Waals surface area contributed by atoms with E-state index in [0.717, 1.165) is 17.0 Å². The SMILES string of the molecule is COc1ccc(OC)c(-c2cc3c(o2)C2C(C(=O)O)N32)c1. The van der Waals surface area contributed by atoms with Crippen LogP contribution in [0.1, 0.15) is 11.8 Å². The molecule has 2 atom stereocenters. The standard InChI is InChI=1S/C15H13NO5/c1-19-7-3-4-10(20-2)8(5-7)11-6-9-14(21-11)12-13(15(17)18)16(9)12/h3-6,12-13H,1-2H3,(H,17,18). The van der Waals surface area contributed by atoms with E-state index < -0.39 is 12.0 Å². The van der Waals surface area contributed by atoms with Crippen LogP contribution in [0.4, 0.5) is 5.69 Å². The first-order valence-corrected chi connectivity index (χ1v) is 6.53. The van der Waals surface area contributed by atoms with Crippen molar-refractivity contribution in [3.05, 3.63) is 30.0 Å². The molecule has 1 aromatic carbocycles. The van der Waals surface area contributed by atoms with Crippen LogP contribution in [-0.4, -0.2) is 31.3 Å². The normalized spacial score (nSPS) is 21.1. The molecule has 0 radical (unpaired) electrons. The monoisotopic (exact) mass is 287 g/mol. The van der Waals surface area contributed by atoms with E-state index in [-0.39, 0.29) is 6.04 Å². The maximum Gasteiger partial charge on any atom is 0.329 e. The lowest BCUT2D eigenvalue weighted by Gasteiger charge is -2.10. The summed E-state index contributed by atoms with van der Waals surface area (Å²) in [7, 11) is 3.19. The van der Waals surface area contributed by atoms with Gasteiger partial charge in [-0.2, -0.15) is 0 Å². The summed E-state index contributed by atoms with van der Waals surface area (Å²) in [5, 5.41) is 9.04. The summed E-state index contributed by atoms with van der Waals surface area (Å²) in [4.78, 5) is 12.8. The van der Waals surface area contributed by atoms with Gasteiger partial charge in [-0.05, 0) is 18.2 Å². The first-order valence-electron chi connectivity index (χ1n) is 6.53. The van der Waals surface area contributed by atoms with E-state index in [4.69, 9.17) is 19.0 Å². The third-order valence-electron chi connectivity index (χ3n) is 4.02. The van der Waals surface area contributed by atoms with Crippen LogP contribution in [-0.2, 0) is 4.79 Å². The molecule has 1 N–H and O–H groups in total. The van der Waals surface area contributed by atoms with E-state index in [1.54, 1.807) is 14.2 Å². The number of rotatable bonds is 4.